The van der Waals surface area contributed by atoms with Crippen LogP contribution in [0, 0.1) is 5.82 Å². The SMILES string of the molecule is CC(C)(N)c1cc(O)c(F)c(Cl)c1. The topological polar surface area (TPSA) is 46.2 Å². The van der Waals surface area contributed by atoms with Gasteiger partial charge >= 0.3 is 0 Å². The summed E-state index contributed by atoms with van der Waals surface area (Å²) >= 11 is 5.53. The third-order valence-corrected chi connectivity index (χ3v) is 2.03. The van der Waals surface area contributed by atoms with E-state index in [-0.39, 0.29) is 5.02 Å². The molecule has 0 amide bonds. The zero-order valence-electron chi connectivity index (χ0n) is 7.44. The number of halogens is 2. The highest BCUT2D eigenvalue weighted by Gasteiger charge is 2.18. The van der Waals surface area contributed by atoms with E-state index in [2.05, 4.69) is 0 Å². The maximum absolute atomic E-state index is 12.9. The average Bonchev–Trinajstić information content (AvgIpc) is 1.97. The summed E-state index contributed by atoms with van der Waals surface area (Å²) in [5, 5.41) is 9.01. The van der Waals surface area contributed by atoms with Crippen LogP contribution < -0.4 is 5.73 Å². The Kier molecular flexibility index (Phi) is 2.50. The lowest BCUT2D eigenvalue weighted by Crippen LogP contribution is -2.28. The molecule has 0 aliphatic heterocycles. The third-order valence-electron chi connectivity index (χ3n) is 1.75. The van der Waals surface area contributed by atoms with Gasteiger partial charge in [0.2, 0.25) is 0 Å². The molecule has 0 heterocycles. The fourth-order valence-corrected chi connectivity index (χ4v) is 1.16. The van der Waals surface area contributed by atoms with Crippen molar-refractivity contribution < 1.29 is 9.50 Å². The Balaban J connectivity index is 3.29. The monoisotopic (exact) mass is 203 g/mol. The number of hydrogen-bond acceptors (Lipinski definition) is 2. The molecule has 2 nitrogen and oxygen atoms in total. The van der Waals surface area contributed by atoms with E-state index >= 15 is 0 Å². The molecule has 0 fully saturated rings. The Morgan fingerprint density at radius 2 is 2.00 bits per heavy atom. The van der Waals surface area contributed by atoms with E-state index in [0.29, 0.717) is 5.56 Å². The van der Waals surface area contributed by atoms with Crippen molar-refractivity contribution in [2.75, 3.05) is 0 Å². The Morgan fingerprint density at radius 3 is 2.38 bits per heavy atom. The van der Waals surface area contributed by atoms with Gasteiger partial charge in [-0.3, -0.25) is 0 Å². The van der Waals surface area contributed by atoms with Crippen LogP contribution in [0.2, 0.25) is 5.02 Å². The Hall–Kier alpha value is -0.800. The Labute approximate surface area is 81.1 Å². The first-order valence-electron chi connectivity index (χ1n) is 3.79. The average molecular weight is 204 g/mol. The van der Waals surface area contributed by atoms with Crippen LogP contribution in [-0.4, -0.2) is 5.11 Å². The normalized spacial score (nSPS) is 11.8. The summed E-state index contributed by atoms with van der Waals surface area (Å²) in [6.07, 6.45) is 0. The molecular formula is C9H11ClFNO. The molecule has 1 rings (SSSR count). The van der Waals surface area contributed by atoms with E-state index in [1.54, 1.807) is 13.8 Å². The summed E-state index contributed by atoms with van der Waals surface area (Å²) in [4.78, 5) is 0. The maximum Gasteiger partial charge on any atom is 0.183 e. The van der Waals surface area contributed by atoms with Gasteiger partial charge < -0.3 is 10.8 Å². The summed E-state index contributed by atoms with van der Waals surface area (Å²) < 4.78 is 12.9. The summed E-state index contributed by atoms with van der Waals surface area (Å²) in [6, 6.07) is 2.69. The molecule has 1 aromatic carbocycles. The van der Waals surface area contributed by atoms with Crippen molar-refractivity contribution >= 4 is 11.6 Å². The predicted molar refractivity (Wildman–Crippen MR) is 50.3 cm³/mol. The fraction of sp³-hybridized carbons (Fsp3) is 0.333. The summed E-state index contributed by atoms with van der Waals surface area (Å²) in [5.74, 6) is -1.28. The molecule has 4 heteroatoms. The molecule has 0 aliphatic rings. The molecule has 0 saturated carbocycles. The van der Waals surface area contributed by atoms with Crippen LogP contribution in [0.15, 0.2) is 12.1 Å². The molecule has 72 valence electrons. The molecular weight excluding hydrogens is 193 g/mol. The first kappa shape index (κ1) is 10.3. The number of hydrogen-bond donors (Lipinski definition) is 2. The summed E-state index contributed by atoms with van der Waals surface area (Å²) in [7, 11) is 0. The molecule has 1 aromatic rings. The molecule has 0 unspecified atom stereocenters. The molecule has 0 atom stereocenters. The summed E-state index contributed by atoms with van der Waals surface area (Å²) in [6.45, 7) is 3.49. The highest BCUT2D eigenvalue weighted by Crippen LogP contribution is 2.29. The van der Waals surface area contributed by atoms with E-state index < -0.39 is 17.1 Å². The van der Waals surface area contributed by atoms with Crippen LogP contribution in [0.3, 0.4) is 0 Å². The lowest BCUT2D eigenvalue weighted by atomic mass is 9.95. The van der Waals surface area contributed by atoms with Gasteiger partial charge in [-0.1, -0.05) is 11.6 Å². The van der Waals surface area contributed by atoms with Gasteiger partial charge in [-0.25, -0.2) is 4.39 Å². The zero-order valence-corrected chi connectivity index (χ0v) is 8.19. The van der Waals surface area contributed by atoms with Crippen molar-refractivity contribution in [1.82, 2.24) is 0 Å². The third kappa shape index (κ3) is 2.11. The minimum Gasteiger partial charge on any atom is -0.505 e. The number of rotatable bonds is 1. The predicted octanol–water partition coefficient (Wildman–Crippen LogP) is 2.38. The number of benzene rings is 1. The smallest absolute Gasteiger partial charge is 0.183 e. The van der Waals surface area contributed by atoms with Gasteiger partial charge in [-0.2, -0.15) is 0 Å². The minimum atomic E-state index is -0.810. The molecule has 0 radical (unpaired) electrons. The van der Waals surface area contributed by atoms with Gasteiger partial charge in [-0.05, 0) is 31.5 Å². The lowest BCUT2D eigenvalue weighted by Gasteiger charge is -2.19. The molecule has 0 saturated heterocycles. The number of nitrogens with two attached hydrogens (primary N) is 1. The molecule has 0 aromatic heterocycles. The molecule has 0 spiro atoms. The second-order valence-electron chi connectivity index (χ2n) is 3.51. The Morgan fingerprint density at radius 1 is 1.46 bits per heavy atom. The van der Waals surface area contributed by atoms with Gasteiger partial charge in [0.25, 0.3) is 0 Å². The van der Waals surface area contributed by atoms with Gasteiger partial charge in [0, 0.05) is 5.54 Å². The van der Waals surface area contributed by atoms with E-state index in [9.17, 15) is 4.39 Å². The minimum absolute atomic E-state index is 0.117. The van der Waals surface area contributed by atoms with Crippen molar-refractivity contribution in [2.24, 2.45) is 5.73 Å². The van der Waals surface area contributed by atoms with Crippen molar-refractivity contribution in [3.8, 4) is 5.75 Å². The van der Waals surface area contributed by atoms with Gasteiger partial charge in [0.05, 0.1) is 5.02 Å². The molecule has 3 N–H and O–H groups in total. The Bertz CT molecular complexity index is 310. The lowest BCUT2D eigenvalue weighted by molar-refractivity contribution is 0.428. The van der Waals surface area contributed by atoms with Gasteiger partial charge in [-0.15, -0.1) is 0 Å². The van der Waals surface area contributed by atoms with Crippen LogP contribution in [0.1, 0.15) is 19.4 Å². The molecule has 0 bridgehead atoms. The van der Waals surface area contributed by atoms with E-state index in [0.717, 1.165) is 0 Å². The van der Waals surface area contributed by atoms with E-state index in [1.807, 2.05) is 0 Å². The number of aromatic hydroxyl groups is 1. The van der Waals surface area contributed by atoms with Crippen molar-refractivity contribution in [3.05, 3.63) is 28.5 Å². The van der Waals surface area contributed by atoms with E-state index in [4.69, 9.17) is 22.4 Å². The first-order valence-corrected chi connectivity index (χ1v) is 4.17. The second-order valence-corrected chi connectivity index (χ2v) is 3.92. The van der Waals surface area contributed by atoms with Crippen LogP contribution in [-0.2, 0) is 5.54 Å². The largest absolute Gasteiger partial charge is 0.505 e. The van der Waals surface area contributed by atoms with Gasteiger partial charge in [0.1, 0.15) is 0 Å². The quantitative estimate of drug-likeness (QED) is 0.736. The molecule has 0 aliphatic carbocycles. The molecule has 13 heavy (non-hydrogen) atoms. The van der Waals surface area contributed by atoms with Crippen LogP contribution >= 0.6 is 11.6 Å². The maximum atomic E-state index is 12.9. The van der Waals surface area contributed by atoms with Crippen molar-refractivity contribution in [2.45, 2.75) is 19.4 Å². The second kappa shape index (κ2) is 3.16. The van der Waals surface area contributed by atoms with Crippen molar-refractivity contribution in [3.63, 3.8) is 0 Å². The highest BCUT2D eigenvalue weighted by molar-refractivity contribution is 6.31. The standard InChI is InChI=1S/C9H11ClFNO/c1-9(2,12)5-3-6(10)8(11)7(13)4-5/h3-4,13H,12H2,1-2H3. The van der Waals surface area contributed by atoms with Gasteiger partial charge in [0.15, 0.2) is 11.6 Å². The zero-order chi connectivity index (χ0) is 10.2. The highest BCUT2D eigenvalue weighted by atomic mass is 35.5. The number of phenols is 1. The fourth-order valence-electron chi connectivity index (χ4n) is 0.947. The van der Waals surface area contributed by atoms with Crippen LogP contribution in [0.4, 0.5) is 4.39 Å². The first-order chi connectivity index (χ1) is 5.82. The van der Waals surface area contributed by atoms with E-state index in [1.165, 1.54) is 12.1 Å². The van der Waals surface area contributed by atoms with Crippen molar-refractivity contribution in [1.29, 1.82) is 0 Å². The van der Waals surface area contributed by atoms with Crippen LogP contribution in [0.25, 0.3) is 0 Å². The summed E-state index contributed by atoms with van der Waals surface area (Å²) in [5.41, 5.74) is 5.70. The number of phenolic OH excluding ortho intramolecular Hbond substituents is 1. The van der Waals surface area contributed by atoms with Crippen LogP contribution in [0.5, 0.6) is 5.75 Å².